The summed E-state index contributed by atoms with van der Waals surface area (Å²) in [4.78, 5) is 15.6. The van der Waals surface area contributed by atoms with Crippen LogP contribution in [-0.4, -0.2) is 45.2 Å². The summed E-state index contributed by atoms with van der Waals surface area (Å²) in [7, 11) is 1.57. The normalized spacial score (nSPS) is 16.4. The number of anilines is 2. The average Bonchev–Trinajstić information content (AvgIpc) is 2.73. The van der Waals surface area contributed by atoms with Gasteiger partial charge in [0.15, 0.2) is 6.04 Å². The summed E-state index contributed by atoms with van der Waals surface area (Å²) in [5.74, 6) is 0.568. The second-order valence-electron chi connectivity index (χ2n) is 7.14. The van der Waals surface area contributed by atoms with Crippen molar-refractivity contribution in [1.29, 1.82) is 0 Å². The number of quaternary nitrogens is 1. The van der Waals surface area contributed by atoms with Crippen molar-refractivity contribution in [2.24, 2.45) is 0 Å². The lowest BCUT2D eigenvalue weighted by Crippen LogP contribution is -3.19. The number of alkyl halides is 3. The van der Waals surface area contributed by atoms with Gasteiger partial charge in [-0.2, -0.15) is 13.2 Å². The summed E-state index contributed by atoms with van der Waals surface area (Å²) in [5.41, 5.74) is 0.589. The molecule has 1 saturated heterocycles. The Kier molecular flexibility index (Phi) is 6.32. The average molecular weight is 408 g/mol. The number of hydrogen-bond acceptors (Lipinski definition) is 3. The van der Waals surface area contributed by atoms with E-state index >= 15 is 0 Å². The first kappa shape index (κ1) is 21.0. The van der Waals surface area contributed by atoms with Crippen molar-refractivity contribution in [2.45, 2.75) is 19.1 Å². The van der Waals surface area contributed by atoms with Crippen molar-refractivity contribution < 1.29 is 27.6 Å². The van der Waals surface area contributed by atoms with Crippen LogP contribution in [-0.2, 0) is 11.0 Å². The van der Waals surface area contributed by atoms with Crippen LogP contribution < -0.4 is 19.9 Å². The van der Waals surface area contributed by atoms with E-state index < -0.39 is 11.7 Å². The summed E-state index contributed by atoms with van der Waals surface area (Å²) in [6.45, 7) is 4.39. The maximum atomic E-state index is 12.9. The van der Waals surface area contributed by atoms with Gasteiger partial charge in [-0.3, -0.25) is 4.79 Å². The minimum Gasteiger partial charge on any atom is -0.497 e. The first-order valence-electron chi connectivity index (χ1n) is 9.49. The Bertz CT molecular complexity index is 849. The molecule has 0 saturated carbocycles. The fraction of sp³-hybridized carbons (Fsp3) is 0.381. The number of carbonyl (C=O) groups excluding carboxylic acids is 1. The first-order valence-corrected chi connectivity index (χ1v) is 9.49. The van der Waals surface area contributed by atoms with Crippen molar-refractivity contribution in [3.63, 3.8) is 0 Å². The van der Waals surface area contributed by atoms with Crippen LogP contribution in [0.5, 0.6) is 5.75 Å². The van der Waals surface area contributed by atoms with Crippen LogP contribution in [0.15, 0.2) is 48.5 Å². The molecule has 3 rings (SSSR count). The van der Waals surface area contributed by atoms with Crippen molar-refractivity contribution >= 4 is 17.3 Å². The Balaban J connectivity index is 1.58. The molecule has 0 aromatic heterocycles. The number of nitrogens with zero attached hydrogens (tertiary/aromatic N) is 1. The number of nitrogens with one attached hydrogen (secondary N) is 2. The Labute approximate surface area is 168 Å². The third-order valence-electron chi connectivity index (χ3n) is 5.29. The topological polar surface area (TPSA) is 46.0 Å². The van der Waals surface area contributed by atoms with Gasteiger partial charge in [0.1, 0.15) is 5.75 Å². The van der Waals surface area contributed by atoms with Gasteiger partial charge in [0.2, 0.25) is 0 Å². The molecule has 0 radical (unpaired) electrons. The van der Waals surface area contributed by atoms with Crippen LogP contribution in [0.25, 0.3) is 0 Å². The number of amides is 1. The monoisotopic (exact) mass is 408 g/mol. The molecule has 2 aromatic rings. The number of benzene rings is 2. The molecule has 2 aromatic carbocycles. The minimum absolute atomic E-state index is 0.0965. The lowest BCUT2D eigenvalue weighted by molar-refractivity contribution is -0.914. The Hall–Kier alpha value is -2.74. The molecule has 29 heavy (non-hydrogen) atoms. The van der Waals surface area contributed by atoms with Gasteiger partial charge in [0.05, 0.1) is 38.9 Å². The van der Waals surface area contributed by atoms with Gasteiger partial charge < -0.3 is 19.9 Å². The maximum Gasteiger partial charge on any atom is 0.416 e. The molecule has 0 unspecified atom stereocenters. The van der Waals surface area contributed by atoms with E-state index in [0.717, 1.165) is 11.0 Å². The highest BCUT2D eigenvalue weighted by molar-refractivity contribution is 5.93. The van der Waals surface area contributed by atoms with E-state index in [4.69, 9.17) is 4.74 Å². The van der Waals surface area contributed by atoms with Crippen molar-refractivity contribution in [3.8, 4) is 5.75 Å². The fourth-order valence-corrected chi connectivity index (χ4v) is 3.50. The Morgan fingerprint density at radius 3 is 2.48 bits per heavy atom. The number of rotatable bonds is 5. The Morgan fingerprint density at radius 1 is 1.14 bits per heavy atom. The van der Waals surface area contributed by atoms with Crippen LogP contribution in [0.3, 0.4) is 0 Å². The molecule has 1 fully saturated rings. The minimum atomic E-state index is -4.35. The van der Waals surface area contributed by atoms with Gasteiger partial charge in [-0.1, -0.05) is 12.1 Å². The van der Waals surface area contributed by atoms with Gasteiger partial charge in [0.25, 0.3) is 5.91 Å². The fourth-order valence-electron chi connectivity index (χ4n) is 3.50. The third kappa shape index (κ3) is 5.20. The van der Waals surface area contributed by atoms with Crippen molar-refractivity contribution in [3.05, 3.63) is 54.1 Å². The molecule has 1 aliphatic rings. The molecular weight excluding hydrogens is 383 g/mol. The number of methoxy groups -OCH3 is 1. The lowest BCUT2D eigenvalue weighted by Gasteiger charge is -2.36. The van der Waals surface area contributed by atoms with Gasteiger partial charge in [-0.25, -0.2) is 0 Å². The molecule has 1 heterocycles. The number of halogens is 3. The number of carbonyl (C=O) groups is 1. The first-order chi connectivity index (χ1) is 13.8. The van der Waals surface area contributed by atoms with E-state index in [1.807, 2.05) is 11.8 Å². The van der Waals surface area contributed by atoms with Gasteiger partial charge >= 0.3 is 6.18 Å². The van der Waals surface area contributed by atoms with Crippen molar-refractivity contribution in [2.75, 3.05) is 43.5 Å². The standard InChI is InChI=1S/C21H24F3N3O2/c1-15(20(28)25-17-6-4-8-19(14-17)29-2)26-9-11-27(12-10-26)18-7-3-5-16(13-18)21(22,23)24/h3-8,13-15H,9-12H2,1-2H3,(H,25,28)/p+1/t15-/m0/s1. The molecule has 0 bridgehead atoms. The van der Waals surface area contributed by atoms with Crippen LogP contribution in [0.2, 0.25) is 0 Å². The molecule has 0 aliphatic carbocycles. The van der Waals surface area contributed by atoms with Crippen molar-refractivity contribution in [1.82, 2.24) is 0 Å². The second kappa shape index (κ2) is 8.73. The predicted molar refractivity (Wildman–Crippen MR) is 105 cm³/mol. The number of hydrogen-bond donors (Lipinski definition) is 2. The zero-order valence-electron chi connectivity index (χ0n) is 16.4. The molecule has 156 valence electrons. The zero-order valence-corrected chi connectivity index (χ0v) is 16.4. The van der Waals surface area contributed by atoms with E-state index in [9.17, 15) is 18.0 Å². The van der Waals surface area contributed by atoms with Crippen LogP contribution in [0.4, 0.5) is 24.5 Å². The largest absolute Gasteiger partial charge is 0.497 e. The predicted octanol–water partition coefficient (Wildman–Crippen LogP) is 2.45. The van der Waals surface area contributed by atoms with Gasteiger partial charge in [0, 0.05) is 17.4 Å². The molecule has 0 spiro atoms. The molecule has 1 aliphatic heterocycles. The molecule has 5 nitrogen and oxygen atoms in total. The van der Waals surface area contributed by atoms with Gasteiger partial charge in [-0.05, 0) is 37.3 Å². The van der Waals surface area contributed by atoms with E-state index in [1.165, 1.54) is 12.1 Å². The second-order valence-corrected chi connectivity index (χ2v) is 7.14. The molecule has 1 amide bonds. The summed E-state index contributed by atoms with van der Waals surface area (Å²) in [5, 5.41) is 2.90. The number of ether oxygens (including phenoxy) is 1. The SMILES string of the molecule is COc1cccc(NC(=O)[C@H](C)[NH+]2CCN(c3cccc(C(F)(F)F)c3)CC2)c1. The molecular formula is C21H25F3N3O2+. The van der Waals surface area contributed by atoms with Crippen LogP contribution >= 0.6 is 0 Å². The van der Waals surface area contributed by atoms with Crippen LogP contribution in [0, 0.1) is 0 Å². The molecule has 8 heteroatoms. The third-order valence-corrected chi connectivity index (χ3v) is 5.29. The van der Waals surface area contributed by atoms with Gasteiger partial charge in [-0.15, -0.1) is 0 Å². The van der Waals surface area contributed by atoms with E-state index in [-0.39, 0.29) is 11.9 Å². The lowest BCUT2D eigenvalue weighted by atomic mass is 10.1. The maximum absolute atomic E-state index is 12.9. The smallest absolute Gasteiger partial charge is 0.416 e. The summed E-state index contributed by atoms with van der Waals surface area (Å²) in [6.07, 6.45) is -4.35. The highest BCUT2D eigenvalue weighted by Crippen LogP contribution is 2.31. The quantitative estimate of drug-likeness (QED) is 0.799. The highest BCUT2D eigenvalue weighted by atomic mass is 19.4. The van der Waals surface area contributed by atoms with E-state index in [2.05, 4.69) is 5.32 Å². The van der Waals surface area contributed by atoms with Crippen LogP contribution in [0.1, 0.15) is 12.5 Å². The molecule has 1 atom stereocenters. The Morgan fingerprint density at radius 2 is 1.83 bits per heavy atom. The summed E-state index contributed by atoms with van der Waals surface area (Å²) in [6, 6.07) is 12.3. The molecule has 2 N–H and O–H groups in total. The summed E-state index contributed by atoms with van der Waals surface area (Å²) >= 11 is 0. The highest BCUT2D eigenvalue weighted by Gasteiger charge is 2.32. The summed E-state index contributed by atoms with van der Waals surface area (Å²) < 4.78 is 44.0. The zero-order chi connectivity index (χ0) is 21.0. The number of piperazine rings is 1. The van der Waals surface area contributed by atoms with E-state index in [1.54, 1.807) is 37.4 Å². The van der Waals surface area contributed by atoms with E-state index in [0.29, 0.717) is 43.3 Å².